The molecule has 1 aromatic heterocycles. The minimum atomic E-state index is -4.81. The van der Waals surface area contributed by atoms with Crippen molar-refractivity contribution in [3.8, 4) is 0 Å². The summed E-state index contributed by atoms with van der Waals surface area (Å²) in [7, 11) is 0. The molecule has 0 aliphatic rings. The summed E-state index contributed by atoms with van der Waals surface area (Å²) in [5, 5.41) is 0. The standard InChI is InChI=1S/C18H20F6N2.BrH/c1-2-3-4-16(26-8-7-25-12-26)6-5-13-9-14(17(19,20)21)11-15(10-13)18(22,23)24;/h7-12,16H,2-6H2,1H3;1H. The summed E-state index contributed by atoms with van der Waals surface area (Å²) in [5.74, 6) is 0. The second-order valence-corrected chi connectivity index (χ2v) is 6.31. The summed E-state index contributed by atoms with van der Waals surface area (Å²) >= 11 is 0. The van der Waals surface area contributed by atoms with Crippen molar-refractivity contribution in [3.63, 3.8) is 0 Å². The number of unbranched alkanes of at least 4 members (excludes halogenated alkanes) is 1. The van der Waals surface area contributed by atoms with Gasteiger partial charge in [0.15, 0.2) is 0 Å². The summed E-state index contributed by atoms with van der Waals surface area (Å²) in [6, 6.07) is 1.81. The Morgan fingerprint density at radius 3 is 2.00 bits per heavy atom. The van der Waals surface area contributed by atoms with Gasteiger partial charge in [0, 0.05) is 0 Å². The fourth-order valence-corrected chi connectivity index (χ4v) is 2.91. The van der Waals surface area contributed by atoms with Crippen LogP contribution in [0.2, 0.25) is 0 Å². The quantitative estimate of drug-likeness (QED) is 0.486. The lowest BCUT2D eigenvalue weighted by atomic mass is 9.97. The lowest BCUT2D eigenvalue weighted by molar-refractivity contribution is -0.723. The zero-order valence-corrected chi connectivity index (χ0v) is 16.3. The Bertz CT molecular complexity index is 663. The molecule has 0 amide bonds. The van der Waals surface area contributed by atoms with Gasteiger partial charge in [0.1, 0.15) is 18.4 Å². The van der Waals surface area contributed by atoms with Gasteiger partial charge in [-0.15, -0.1) is 0 Å². The average molecular weight is 459 g/mol. The number of imidazole rings is 1. The summed E-state index contributed by atoms with van der Waals surface area (Å²) < 4.78 is 79.6. The van der Waals surface area contributed by atoms with E-state index in [2.05, 4.69) is 4.98 Å². The van der Waals surface area contributed by atoms with E-state index in [0.29, 0.717) is 6.42 Å². The average Bonchev–Trinajstić information content (AvgIpc) is 3.07. The number of benzene rings is 1. The van der Waals surface area contributed by atoms with Crippen molar-refractivity contribution in [2.75, 3.05) is 0 Å². The van der Waals surface area contributed by atoms with E-state index in [1.165, 1.54) is 0 Å². The number of nitrogens with zero attached hydrogens (tertiary/aromatic N) is 1. The molecule has 0 saturated heterocycles. The number of halogens is 7. The van der Waals surface area contributed by atoms with E-state index in [1.54, 1.807) is 12.5 Å². The van der Waals surface area contributed by atoms with Crippen LogP contribution in [0.1, 0.15) is 55.3 Å². The number of rotatable bonds is 7. The van der Waals surface area contributed by atoms with Crippen LogP contribution in [0.3, 0.4) is 0 Å². The van der Waals surface area contributed by atoms with Gasteiger partial charge in [-0.05, 0) is 49.4 Å². The molecule has 0 bridgehead atoms. The zero-order valence-electron chi connectivity index (χ0n) is 14.7. The predicted molar refractivity (Wildman–Crippen MR) is 84.3 cm³/mol. The molecule has 0 saturated carbocycles. The molecule has 0 fully saturated rings. The van der Waals surface area contributed by atoms with Gasteiger partial charge in [-0.2, -0.15) is 26.3 Å². The minimum absolute atomic E-state index is 0. The molecule has 0 spiro atoms. The van der Waals surface area contributed by atoms with Gasteiger partial charge in [0.05, 0.1) is 11.1 Å². The third-order valence-electron chi connectivity index (χ3n) is 4.29. The number of aryl methyl sites for hydroxylation is 1. The Kier molecular flexibility index (Phi) is 8.38. The Hall–Kier alpha value is -1.51. The van der Waals surface area contributed by atoms with Crippen LogP contribution in [0.25, 0.3) is 0 Å². The van der Waals surface area contributed by atoms with Gasteiger partial charge in [0.2, 0.25) is 6.33 Å². The molecule has 1 heterocycles. The first-order chi connectivity index (χ1) is 12.1. The molecule has 0 aliphatic carbocycles. The second-order valence-electron chi connectivity index (χ2n) is 6.31. The predicted octanol–water partition coefficient (Wildman–Crippen LogP) is 2.71. The van der Waals surface area contributed by atoms with Crippen molar-refractivity contribution in [2.45, 2.75) is 57.4 Å². The highest BCUT2D eigenvalue weighted by Gasteiger charge is 2.36. The first-order valence-corrected chi connectivity index (χ1v) is 8.43. The summed E-state index contributed by atoms with van der Waals surface area (Å²) in [5.41, 5.74) is -2.48. The highest BCUT2D eigenvalue weighted by molar-refractivity contribution is 5.33. The number of H-pyrrole nitrogens is 1. The van der Waals surface area contributed by atoms with Crippen molar-refractivity contribution < 1.29 is 47.9 Å². The number of nitrogens with one attached hydrogen (secondary N) is 1. The maximum Gasteiger partial charge on any atom is 0.416 e. The van der Waals surface area contributed by atoms with Crippen molar-refractivity contribution >= 4 is 0 Å². The maximum absolute atomic E-state index is 12.9. The van der Waals surface area contributed by atoms with E-state index >= 15 is 0 Å². The van der Waals surface area contributed by atoms with Crippen LogP contribution in [0.5, 0.6) is 0 Å². The maximum atomic E-state index is 12.9. The van der Waals surface area contributed by atoms with Crippen LogP contribution in [-0.2, 0) is 18.8 Å². The van der Waals surface area contributed by atoms with E-state index in [4.69, 9.17) is 0 Å². The van der Waals surface area contributed by atoms with Crippen molar-refractivity contribution in [1.29, 1.82) is 0 Å². The summed E-state index contributed by atoms with van der Waals surface area (Å²) in [6.07, 6.45) is -1.04. The number of aromatic amines is 1. The van der Waals surface area contributed by atoms with Crippen molar-refractivity contribution in [3.05, 3.63) is 53.6 Å². The molecule has 1 unspecified atom stereocenters. The molecule has 2 nitrogen and oxygen atoms in total. The van der Waals surface area contributed by atoms with Crippen LogP contribution in [0, 0.1) is 0 Å². The highest BCUT2D eigenvalue weighted by atomic mass is 79.9. The molecule has 152 valence electrons. The number of alkyl halides is 6. The summed E-state index contributed by atoms with van der Waals surface area (Å²) in [4.78, 5) is 2.91. The van der Waals surface area contributed by atoms with E-state index in [-0.39, 0.29) is 41.1 Å². The SMILES string of the molecule is CCCCC(CCc1cc(C(F)(F)F)cc(C(F)(F)F)c1)[n+]1cc[nH]c1.[Br-]. The van der Waals surface area contributed by atoms with E-state index in [9.17, 15) is 26.3 Å². The molecule has 1 aromatic carbocycles. The largest absolute Gasteiger partial charge is 1.00 e. The lowest BCUT2D eigenvalue weighted by Gasteiger charge is -2.16. The van der Waals surface area contributed by atoms with Crippen LogP contribution in [0.15, 0.2) is 36.9 Å². The molecular formula is C18H21BrF6N2. The minimum Gasteiger partial charge on any atom is -1.00 e. The Labute approximate surface area is 164 Å². The smallest absolute Gasteiger partial charge is 0.416 e. The van der Waals surface area contributed by atoms with Crippen LogP contribution in [0.4, 0.5) is 26.3 Å². The first kappa shape index (κ1) is 23.5. The van der Waals surface area contributed by atoms with Gasteiger partial charge in [0.25, 0.3) is 0 Å². The van der Waals surface area contributed by atoms with Gasteiger partial charge in [-0.25, -0.2) is 4.57 Å². The highest BCUT2D eigenvalue weighted by Crippen LogP contribution is 2.36. The molecule has 1 N–H and O–H groups in total. The number of hydrogen-bond acceptors (Lipinski definition) is 0. The van der Waals surface area contributed by atoms with Crippen LogP contribution >= 0.6 is 0 Å². The topological polar surface area (TPSA) is 19.7 Å². The molecule has 9 heteroatoms. The normalized spacial score (nSPS) is 13.3. The third kappa shape index (κ3) is 6.86. The molecule has 2 aromatic rings. The van der Waals surface area contributed by atoms with Gasteiger partial charge in [-0.1, -0.05) is 13.3 Å². The third-order valence-corrected chi connectivity index (χ3v) is 4.29. The second kappa shape index (κ2) is 9.61. The fourth-order valence-electron chi connectivity index (χ4n) is 2.91. The van der Waals surface area contributed by atoms with Crippen molar-refractivity contribution in [2.24, 2.45) is 0 Å². The molecule has 1 atom stereocenters. The molecule has 2 rings (SSSR count). The van der Waals surface area contributed by atoms with E-state index in [0.717, 1.165) is 31.4 Å². The molecule has 0 radical (unpaired) electrons. The zero-order chi connectivity index (χ0) is 19.4. The van der Waals surface area contributed by atoms with E-state index in [1.807, 2.05) is 17.7 Å². The van der Waals surface area contributed by atoms with Crippen LogP contribution < -0.4 is 21.5 Å². The van der Waals surface area contributed by atoms with Crippen molar-refractivity contribution in [1.82, 2.24) is 4.98 Å². The number of aromatic nitrogens is 2. The monoisotopic (exact) mass is 458 g/mol. The van der Waals surface area contributed by atoms with Gasteiger partial charge >= 0.3 is 12.4 Å². The molecule has 0 aliphatic heterocycles. The first-order valence-electron chi connectivity index (χ1n) is 8.43. The lowest BCUT2D eigenvalue weighted by Crippen LogP contribution is -3.00. The van der Waals surface area contributed by atoms with E-state index < -0.39 is 23.5 Å². The number of hydrogen-bond donors (Lipinski definition) is 1. The Morgan fingerprint density at radius 2 is 1.56 bits per heavy atom. The van der Waals surface area contributed by atoms with Gasteiger partial charge < -0.3 is 17.0 Å². The summed E-state index contributed by atoms with van der Waals surface area (Å²) in [6.45, 7) is 2.03. The molecular weight excluding hydrogens is 438 g/mol. The Balaban J connectivity index is 0.00000364. The fraction of sp³-hybridized carbons (Fsp3) is 0.500. The van der Waals surface area contributed by atoms with Gasteiger partial charge in [-0.3, -0.25) is 4.98 Å². The molecule has 27 heavy (non-hydrogen) atoms. The van der Waals surface area contributed by atoms with Crippen LogP contribution in [-0.4, -0.2) is 4.98 Å². The Morgan fingerprint density at radius 1 is 0.963 bits per heavy atom.